The molecule has 2 N–H and O–H groups in total. The lowest BCUT2D eigenvalue weighted by Crippen LogP contribution is -2.33. The zero-order chi connectivity index (χ0) is 20.7. The van der Waals surface area contributed by atoms with Gasteiger partial charge in [0.1, 0.15) is 5.75 Å². The molecule has 1 aliphatic rings. The zero-order valence-corrected chi connectivity index (χ0v) is 17.3. The van der Waals surface area contributed by atoms with Gasteiger partial charge >= 0.3 is 0 Å². The van der Waals surface area contributed by atoms with Crippen LogP contribution in [0.2, 0.25) is 0 Å². The summed E-state index contributed by atoms with van der Waals surface area (Å²) >= 11 is 0. The summed E-state index contributed by atoms with van der Waals surface area (Å²) in [4.78, 5) is 22.0. The number of rotatable bonds is 5. The molecule has 0 saturated carbocycles. The van der Waals surface area contributed by atoms with E-state index >= 15 is 0 Å². The molecule has 0 aliphatic carbocycles. The van der Waals surface area contributed by atoms with Crippen LogP contribution in [0.1, 0.15) is 28.0 Å². The molecule has 2 aromatic carbocycles. The molecule has 5 heteroatoms. The van der Waals surface area contributed by atoms with Crippen molar-refractivity contribution >= 4 is 33.2 Å². The van der Waals surface area contributed by atoms with Crippen molar-refractivity contribution in [1.82, 2.24) is 14.9 Å². The largest absolute Gasteiger partial charge is 0.497 e. The molecule has 4 aromatic rings. The topological polar surface area (TPSA) is 61.1 Å². The van der Waals surface area contributed by atoms with Crippen molar-refractivity contribution in [2.75, 3.05) is 26.7 Å². The summed E-state index contributed by atoms with van der Waals surface area (Å²) in [5.74, 6) is 1.04. The van der Waals surface area contributed by atoms with Crippen molar-refractivity contribution in [3.63, 3.8) is 0 Å². The Hall–Kier alpha value is -3.31. The summed E-state index contributed by atoms with van der Waals surface area (Å²) in [6.07, 6.45) is 5.25. The van der Waals surface area contributed by atoms with Crippen molar-refractivity contribution in [3.8, 4) is 5.75 Å². The number of hydrogen-bond donors (Lipinski definition) is 2. The average Bonchev–Trinajstić information content (AvgIpc) is 3.33. The number of Topliss-reactive ketones (excluding diaryl/α,β-unsaturated/α-hetero) is 1. The Morgan fingerprint density at radius 1 is 1.13 bits per heavy atom. The Bertz CT molecular complexity index is 1280. The Labute approximate surface area is 175 Å². The minimum Gasteiger partial charge on any atom is -0.497 e. The number of carbonyl (C=O) groups is 1. The predicted octanol–water partition coefficient (Wildman–Crippen LogP) is 4.94. The van der Waals surface area contributed by atoms with E-state index in [0.29, 0.717) is 6.54 Å². The summed E-state index contributed by atoms with van der Waals surface area (Å²) in [5, 5.41) is 2.19. The molecular formula is C25H25N3O2. The van der Waals surface area contributed by atoms with Crippen LogP contribution in [0.3, 0.4) is 0 Å². The van der Waals surface area contributed by atoms with Gasteiger partial charge in [0.15, 0.2) is 5.78 Å². The summed E-state index contributed by atoms with van der Waals surface area (Å²) < 4.78 is 5.39. The number of ketones is 1. The third-order valence-electron chi connectivity index (χ3n) is 6.07. The van der Waals surface area contributed by atoms with Gasteiger partial charge in [0.05, 0.1) is 13.7 Å². The molecule has 0 bridgehead atoms. The van der Waals surface area contributed by atoms with Crippen LogP contribution in [0.4, 0.5) is 0 Å². The fourth-order valence-electron chi connectivity index (χ4n) is 4.51. The SMILES string of the molecule is COc1ccc2[nH]cc(C3=CCN(CC(=O)c4c(C)[nH]c5ccccc45)CC3)c2c1. The van der Waals surface area contributed by atoms with E-state index in [0.717, 1.165) is 52.9 Å². The highest BCUT2D eigenvalue weighted by Crippen LogP contribution is 2.31. The van der Waals surface area contributed by atoms with E-state index in [1.165, 1.54) is 16.5 Å². The highest BCUT2D eigenvalue weighted by Gasteiger charge is 2.21. The van der Waals surface area contributed by atoms with Gasteiger partial charge in [-0.3, -0.25) is 9.69 Å². The van der Waals surface area contributed by atoms with Crippen LogP contribution in [0.15, 0.2) is 54.7 Å². The number of methoxy groups -OCH3 is 1. The quantitative estimate of drug-likeness (QED) is 0.468. The Morgan fingerprint density at radius 2 is 2.00 bits per heavy atom. The molecule has 2 aromatic heterocycles. The summed E-state index contributed by atoms with van der Waals surface area (Å²) in [5.41, 5.74) is 6.45. The monoisotopic (exact) mass is 399 g/mol. The number of fused-ring (bicyclic) bond motifs is 2. The molecule has 152 valence electrons. The van der Waals surface area contributed by atoms with Gasteiger partial charge in [-0.2, -0.15) is 0 Å². The maximum absolute atomic E-state index is 13.1. The first-order chi connectivity index (χ1) is 14.6. The van der Waals surface area contributed by atoms with E-state index < -0.39 is 0 Å². The number of carbonyl (C=O) groups excluding carboxylic acids is 1. The van der Waals surface area contributed by atoms with Gasteiger partial charge in [-0.25, -0.2) is 0 Å². The fraction of sp³-hybridized carbons (Fsp3) is 0.240. The number of aromatic amines is 2. The molecule has 0 fully saturated rings. The molecule has 0 spiro atoms. The van der Waals surface area contributed by atoms with Crippen LogP contribution in [-0.2, 0) is 0 Å². The molecule has 0 radical (unpaired) electrons. The standard InChI is InChI=1S/C25H25N3O2/c1-16-25(19-5-3-4-6-23(19)27-16)24(29)15-28-11-9-17(10-12-28)21-14-26-22-8-7-18(30-2)13-20(21)22/h3-9,13-14,26-27H,10-12,15H2,1-2H3. The van der Waals surface area contributed by atoms with Gasteiger partial charge in [0.25, 0.3) is 0 Å². The molecule has 3 heterocycles. The van der Waals surface area contributed by atoms with Crippen molar-refractivity contribution < 1.29 is 9.53 Å². The highest BCUT2D eigenvalue weighted by atomic mass is 16.5. The molecule has 0 atom stereocenters. The van der Waals surface area contributed by atoms with Gasteiger partial charge in [-0.05, 0) is 43.2 Å². The average molecular weight is 399 g/mol. The molecule has 5 rings (SSSR count). The first kappa shape index (κ1) is 18.7. The number of aromatic nitrogens is 2. The Kier molecular flexibility index (Phi) is 4.68. The second kappa shape index (κ2) is 7.50. The van der Waals surface area contributed by atoms with Gasteiger partial charge in [0.2, 0.25) is 0 Å². The van der Waals surface area contributed by atoms with E-state index in [1.807, 2.05) is 37.3 Å². The molecule has 0 saturated heterocycles. The summed E-state index contributed by atoms with van der Waals surface area (Å²) in [7, 11) is 1.69. The van der Waals surface area contributed by atoms with Crippen molar-refractivity contribution in [1.29, 1.82) is 0 Å². The second-order valence-electron chi connectivity index (χ2n) is 7.92. The molecule has 0 amide bonds. The minimum absolute atomic E-state index is 0.179. The van der Waals surface area contributed by atoms with E-state index in [4.69, 9.17) is 4.74 Å². The molecule has 5 nitrogen and oxygen atoms in total. The zero-order valence-electron chi connectivity index (χ0n) is 17.3. The molecular weight excluding hydrogens is 374 g/mol. The minimum atomic E-state index is 0.179. The lowest BCUT2D eigenvalue weighted by atomic mass is 9.98. The lowest BCUT2D eigenvalue weighted by molar-refractivity contribution is 0.0938. The number of H-pyrrole nitrogens is 2. The number of ether oxygens (including phenoxy) is 1. The van der Waals surface area contributed by atoms with E-state index in [1.54, 1.807) is 7.11 Å². The van der Waals surface area contributed by atoms with Crippen LogP contribution in [0.25, 0.3) is 27.4 Å². The molecule has 1 aliphatic heterocycles. The van der Waals surface area contributed by atoms with Crippen LogP contribution >= 0.6 is 0 Å². The maximum Gasteiger partial charge on any atom is 0.179 e. The third-order valence-corrected chi connectivity index (χ3v) is 6.07. The normalized spacial score (nSPS) is 14.9. The number of nitrogens with one attached hydrogen (secondary N) is 2. The van der Waals surface area contributed by atoms with Gasteiger partial charge in [-0.15, -0.1) is 0 Å². The maximum atomic E-state index is 13.1. The number of aryl methyl sites for hydroxylation is 1. The van der Waals surface area contributed by atoms with Crippen LogP contribution in [0, 0.1) is 6.92 Å². The first-order valence-electron chi connectivity index (χ1n) is 10.3. The van der Waals surface area contributed by atoms with Crippen molar-refractivity contribution in [2.45, 2.75) is 13.3 Å². The number of para-hydroxylation sites is 1. The van der Waals surface area contributed by atoms with E-state index in [2.05, 4.69) is 39.3 Å². The first-order valence-corrected chi connectivity index (χ1v) is 10.3. The van der Waals surface area contributed by atoms with E-state index in [9.17, 15) is 4.79 Å². The van der Waals surface area contributed by atoms with Crippen LogP contribution < -0.4 is 4.74 Å². The van der Waals surface area contributed by atoms with Crippen LogP contribution in [-0.4, -0.2) is 47.4 Å². The Morgan fingerprint density at radius 3 is 2.80 bits per heavy atom. The molecule has 0 unspecified atom stereocenters. The summed E-state index contributed by atoms with van der Waals surface area (Å²) in [6.45, 7) is 4.07. The number of nitrogens with zero attached hydrogens (tertiary/aromatic N) is 1. The van der Waals surface area contributed by atoms with Gasteiger partial charge in [-0.1, -0.05) is 24.3 Å². The van der Waals surface area contributed by atoms with E-state index in [-0.39, 0.29) is 5.78 Å². The summed E-state index contributed by atoms with van der Waals surface area (Å²) in [6, 6.07) is 14.1. The number of hydrogen-bond acceptors (Lipinski definition) is 3. The number of benzene rings is 2. The highest BCUT2D eigenvalue weighted by molar-refractivity contribution is 6.10. The fourth-order valence-corrected chi connectivity index (χ4v) is 4.51. The smallest absolute Gasteiger partial charge is 0.179 e. The van der Waals surface area contributed by atoms with Gasteiger partial charge < -0.3 is 14.7 Å². The molecule has 30 heavy (non-hydrogen) atoms. The van der Waals surface area contributed by atoms with Crippen molar-refractivity contribution in [2.24, 2.45) is 0 Å². The third kappa shape index (κ3) is 3.21. The lowest BCUT2D eigenvalue weighted by Gasteiger charge is -2.25. The Balaban J connectivity index is 1.34. The van der Waals surface area contributed by atoms with Crippen LogP contribution in [0.5, 0.6) is 5.75 Å². The van der Waals surface area contributed by atoms with Crippen molar-refractivity contribution in [3.05, 3.63) is 71.6 Å². The van der Waals surface area contributed by atoms with Gasteiger partial charge in [0, 0.05) is 57.9 Å². The second-order valence-corrected chi connectivity index (χ2v) is 7.92. The predicted molar refractivity (Wildman–Crippen MR) is 121 cm³/mol.